The van der Waals surface area contributed by atoms with Crippen LogP contribution in [0.1, 0.15) is 29.6 Å². The monoisotopic (exact) mass is 283 g/mol. The average molecular weight is 283 g/mol. The van der Waals surface area contributed by atoms with Crippen LogP contribution in [-0.2, 0) is 0 Å². The van der Waals surface area contributed by atoms with Crippen molar-refractivity contribution >= 4 is 16.8 Å². The topological polar surface area (TPSA) is 54.0 Å². The summed E-state index contributed by atoms with van der Waals surface area (Å²) in [5.41, 5.74) is 1.57. The van der Waals surface area contributed by atoms with E-state index >= 15 is 0 Å². The summed E-state index contributed by atoms with van der Waals surface area (Å²) in [7, 11) is 0. The number of fused-ring (bicyclic) bond motifs is 1. The van der Waals surface area contributed by atoms with Gasteiger partial charge in [-0.25, -0.2) is 0 Å². The van der Waals surface area contributed by atoms with Crippen LogP contribution in [0.2, 0.25) is 0 Å². The van der Waals surface area contributed by atoms with Gasteiger partial charge in [-0.15, -0.1) is 0 Å². The summed E-state index contributed by atoms with van der Waals surface area (Å²) in [6, 6.07) is 9.49. The van der Waals surface area contributed by atoms with E-state index in [-0.39, 0.29) is 5.91 Å². The normalized spacial score (nSPS) is 18.6. The number of hydrogen-bond donors (Lipinski definition) is 2. The maximum absolute atomic E-state index is 12.3. The zero-order chi connectivity index (χ0) is 14.5. The van der Waals surface area contributed by atoms with Crippen molar-refractivity contribution in [2.24, 2.45) is 5.92 Å². The molecule has 1 aliphatic heterocycles. The predicted octanol–water partition coefficient (Wildman–Crippen LogP) is 2.35. The highest BCUT2D eigenvalue weighted by Crippen LogP contribution is 2.17. The minimum Gasteiger partial charge on any atom is -0.352 e. The zero-order valence-electron chi connectivity index (χ0n) is 12.1. The molecule has 1 aliphatic rings. The largest absolute Gasteiger partial charge is 0.352 e. The number of rotatable bonds is 4. The van der Waals surface area contributed by atoms with Gasteiger partial charge in [-0.2, -0.15) is 0 Å². The van der Waals surface area contributed by atoms with Crippen molar-refractivity contribution in [2.45, 2.75) is 19.3 Å². The van der Waals surface area contributed by atoms with Gasteiger partial charge >= 0.3 is 0 Å². The van der Waals surface area contributed by atoms with Gasteiger partial charge in [-0.05, 0) is 56.5 Å². The molecule has 1 unspecified atom stereocenters. The third kappa shape index (κ3) is 3.39. The summed E-state index contributed by atoms with van der Waals surface area (Å²) in [6.07, 6.45) is 5.30. The van der Waals surface area contributed by atoms with E-state index in [0.29, 0.717) is 11.5 Å². The molecule has 1 fully saturated rings. The Morgan fingerprint density at radius 2 is 2.29 bits per heavy atom. The molecule has 2 heterocycles. The fourth-order valence-electron chi connectivity index (χ4n) is 2.96. The summed E-state index contributed by atoms with van der Waals surface area (Å²) in [5, 5.41) is 7.37. The Hall–Kier alpha value is -1.94. The van der Waals surface area contributed by atoms with E-state index in [9.17, 15) is 4.79 Å². The maximum atomic E-state index is 12.3. The molecule has 4 heteroatoms. The Bertz CT molecular complexity index is 615. The molecule has 2 aromatic rings. The number of nitrogens with one attached hydrogen (secondary N) is 2. The van der Waals surface area contributed by atoms with Crippen molar-refractivity contribution < 1.29 is 4.79 Å². The molecule has 0 spiro atoms. The average Bonchev–Trinajstić information content (AvgIpc) is 2.55. The quantitative estimate of drug-likeness (QED) is 0.905. The van der Waals surface area contributed by atoms with Gasteiger partial charge < -0.3 is 10.6 Å². The lowest BCUT2D eigenvalue weighted by molar-refractivity contribution is 0.0952. The maximum Gasteiger partial charge on any atom is 0.251 e. The molecule has 0 radical (unpaired) electrons. The highest BCUT2D eigenvalue weighted by Gasteiger charge is 2.14. The van der Waals surface area contributed by atoms with Crippen molar-refractivity contribution in [3.63, 3.8) is 0 Å². The molecule has 2 N–H and O–H groups in total. The first kappa shape index (κ1) is 14.0. The molecule has 1 atom stereocenters. The van der Waals surface area contributed by atoms with Gasteiger partial charge in [-0.3, -0.25) is 9.78 Å². The Morgan fingerprint density at radius 1 is 1.33 bits per heavy atom. The molecule has 3 rings (SSSR count). The number of aromatic nitrogens is 1. The first-order chi connectivity index (χ1) is 10.3. The number of amides is 1. The number of carbonyl (C=O) groups is 1. The van der Waals surface area contributed by atoms with E-state index in [1.54, 1.807) is 6.20 Å². The number of piperidine rings is 1. The van der Waals surface area contributed by atoms with Crippen molar-refractivity contribution in [3.8, 4) is 0 Å². The van der Waals surface area contributed by atoms with Crippen LogP contribution in [0.3, 0.4) is 0 Å². The van der Waals surface area contributed by atoms with Crippen LogP contribution >= 0.6 is 0 Å². The van der Waals surface area contributed by atoms with Gasteiger partial charge in [0.1, 0.15) is 0 Å². The molecule has 4 nitrogen and oxygen atoms in total. The van der Waals surface area contributed by atoms with Gasteiger partial charge in [0.05, 0.1) is 5.52 Å². The van der Waals surface area contributed by atoms with Gasteiger partial charge in [0, 0.05) is 23.7 Å². The molecular formula is C17H21N3O. The van der Waals surface area contributed by atoms with E-state index in [1.165, 1.54) is 12.8 Å². The smallest absolute Gasteiger partial charge is 0.251 e. The molecule has 0 aliphatic carbocycles. The summed E-state index contributed by atoms with van der Waals surface area (Å²) in [5.74, 6) is 0.686. The Kier molecular flexibility index (Phi) is 4.46. The molecule has 1 amide bonds. The van der Waals surface area contributed by atoms with E-state index in [1.807, 2.05) is 30.3 Å². The van der Waals surface area contributed by atoms with Crippen LogP contribution in [0, 0.1) is 5.92 Å². The van der Waals surface area contributed by atoms with Gasteiger partial charge in [0.15, 0.2) is 0 Å². The van der Waals surface area contributed by atoms with Crippen molar-refractivity contribution in [1.29, 1.82) is 0 Å². The summed E-state index contributed by atoms with van der Waals surface area (Å²) < 4.78 is 0. The summed E-state index contributed by atoms with van der Waals surface area (Å²) >= 11 is 0. The molecule has 1 aromatic heterocycles. The summed E-state index contributed by atoms with van der Waals surface area (Å²) in [4.78, 5) is 16.6. The van der Waals surface area contributed by atoms with Crippen LogP contribution < -0.4 is 10.6 Å². The minimum absolute atomic E-state index is 0.00244. The van der Waals surface area contributed by atoms with Gasteiger partial charge in [-0.1, -0.05) is 12.1 Å². The van der Waals surface area contributed by atoms with E-state index < -0.39 is 0 Å². The lowest BCUT2D eigenvalue weighted by Gasteiger charge is -2.22. The number of hydrogen-bond acceptors (Lipinski definition) is 3. The molecule has 110 valence electrons. The van der Waals surface area contributed by atoms with Crippen LogP contribution in [0.25, 0.3) is 10.9 Å². The highest BCUT2D eigenvalue weighted by molar-refractivity contribution is 6.06. The van der Waals surface area contributed by atoms with Gasteiger partial charge in [0.2, 0.25) is 0 Å². The van der Waals surface area contributed by atoms with E-state index in [2.05, 4.69) is 15.6 Å². The second kappa shape index (κ2) is 6.68. The first-order valence-corrected chi connectivity index (χ1v) is 7.67. The standard InChI is InChI=1S/C17H21N3O/c21-17(20-11-8-13-4-2-9-18-12-13)15-5-1-7-16-14(15)6-3-10-19-16/h1,3,5-7,10,13,18H,2,4,8-9,11-12H2,(H,20,21). The third-order valence-corrected chi connectivity index (χ3v) is 4.13. The Morgan fingerprint density at radius 3 is 3.14 bits per heavy atom. The molecule has 0 saturated carbocycles. The fourth-order valence-corrected chi connectivity index (χ4v) is 2.96. The number of carbonyl (C=O) groups excluding carboxylic acids is 1. The third-order valence-electron chi connectivity index (χ3n) is 4.13. The lowest BCUT2D eigenvalue weighted by atomic mass is 9.96. The van der Waals surface area contributed by atoms with Crippen molar-refractivity contribution in [2.75, 3.05) is 19.6 Å². The first-order valence-electron chi connectivity index (χ1n) is 7.67. The van der Waals surface area contributed by atoms with Crippen molar-refractivity contribution in [1.82, 2.24) is 15.6 Å². The second-order valence-electron chi connectivity index (χ2n) is 5.63. The molecule has 1 aromatic carbocycles. The number of pyridine rings is 1. The van der Waals surface area contributed by atoms with Crippen LogP contribution in [0.5, 0.6) is 0 Å². The molecular weight excluding hydrogens is 262 g/mol. The second-order valence-corrected chi connectivity index (χ2v) is 5.63. The minimum atomic E-state index is -0.00244. The van der Waals surface area contributed by atoms with E-state index in [0.717, 1.165) is 37.0 Å². The zero-order valence-corrected chi connectivity index (χ0v) is 12.1. The Balaban J connectivity index is 1.61. The number of benzene rings is 1. The molecule has 0 bridgehead atoms. The van der Waals surface area contributed by atoms with E-state index in [4.69, 9.17) is 0 Å². The Labute approximate surface area is 125 Å². The number of nitrogens with zero attached hydrogens (tertiary/aromatic N) is 1. The van der Waals surface area contributed by atoms with Crippen LogP contribution in [0.15, 0.2) is 36.5 Å². The summed E-state index contributed by atoms with van der Waals surface area (Å²) in [6.45, 7) is 2.95. The molecule has 1 saturated heterocycles. The fraction of sp³-hybridized carbons (Fsp3) is 0.412. The molecule has 21 heavy (non-hydrogen) atoms. The van der Waals surface area contributed by atoms with Crippen LogP contribution in [0.4, 0.5) is 0 Å². The predicted molar refractivity (Wildman–Crippen MR) is 84.3 cm³/mol. The van der Waals surface area contributed by atoms with Crippen LogP contribution in [-0.4, -0.2) is 30.5 Å². The highest BCUT2D eigenvalue weighted by atomic mass is 16.1. The van der Waals surface area contributed by atoms with Crippen molar-refractivity contribution in [3.05, 3.63) is 42.1 Å². The van der Waals surface area contributed by atoms with Gasteiger partial charge in [0.25, 0.3) is 5.91 Å². The SMILES string of the molecule is O=C(NCCC1CCCNC1)c1cccc2ncccc12. The lowest BCUT2D eigenvalue weighted by Crippen LogP contribution is -2.33.